The molecule has 2 atom stereocenters. The molecule has 11 heteroatoms. The minimum absolute atomic E-state index is 0.0651. The van der Waals surface area contributed by atoms with Gasteiger partial charge in [0.15, 0.2) is 0 Å². The average Bonchev–Trinajstić information content (AvgIpc) is 3.65. The first-order valence-corrected chi connectivity index (χ1v) is 16.9. The van der Waals surface area contributed by atoms with Crippen LogP contribution in [0, 0.1) is 11.8 Å². The Hall–Kier alpha value is -3.28. The van der Waals surface area contributed by atoms with Gasteiger partial charge in [-0.2, -0.15) is 4.31 Å². The molecule has 0 unspecified atom stereocenters. The molecule has 1 N–H and O–H groups in total. The SMILES string of the molecule is C[C@@H]1CCN(c2ccc(S(=O)(=O)N3CC(=O)N(c4cc(-c5ccccc5)sc4C(=O)O)[C@H](C4CCCCC4)C3)cn2)C1. The molecule has 1 saturated carbocycles. The lowest BCUT2D eigenvalue weighted by Gasteiger charge is -2.44. The van der Waals surface area contributed by atoms with Gasteiger partial charge in [-0.25, -0.2) is 18.2 Å². The first kappa shape index (κ1) is 28.8. The summed E-state index contributed by atoms with van der Waals surface area (Å²) in [5, 5.41) is 10.1. The highest BCUT2D eigenvalue weighted by Gasteiger charge is 2.44. The number of carboxylic acid groups (broad SMARTS) is 1. The number of benzene rings is 1. The van der Waals surface area contributed by atoms with Crippen molar-refractivity contribution >= 4 is 44.7 Å². The summed E-state index contributed by atoms with van der Waals surface area (Å²) >= 11 is 1.14. The van der Waals surface area contributed by atoms with Gasteiger partial charge in [0.1, 0.15) is 15.6 Å². The molecular weight excluding hydrogens is 572 g/mol. The summed E-state index contributed by atoms with van der Waals surface area (Å²) in [5.74, 6) is -0.105. The predicted octanol–water partition coefficient (Wildman–Crippen LogP) is 5.34. The Morgan fingerprint density at radius 1 is 1.02 bits per heavy atom. The number of sulfonamides is 1. The number of carbonyl (C=O) groups excluding carboxylic acids is 1. The molecule has 42 heavy (non-hydrogen) atoms. The molecule has 2 aliphatic heterocycles. The number of piperazine rings is 1. The zero-order valence-corrected chi connectivity index (χ0v) is 25.3. The summed E-state index contributed by atoms with van der Waals surface area (Å²) in [5.41, 5.74) is 1.23. The van der Waals surface area contributed by atoms with Crippen LogP contribution in [-0.2, 0) is 14.8 Å². The molecule has 222 valence electrons. The number of carboxylic acids is 1. The highest BCUT2D eigenvalue weighted by Crippen LogP contribution is 2.42. The van der Waals surface area contributed by atoms with Crippen molar-refractivity contribution in [2.45, 2.75) is 56.4 Å². The van der Waals surface area contributed by atoms with Gasteiger partial charge in [-0.3, -0.25) is 4.79 Å². The summed E-state index contributed by atoms with van der Waals surface area (Å²) in [6.07, 6.45) is 7.31. The second-order valence-corrected chi connectivity index (χ2v) is 14.7. The molecule has 1 aliphatic carbocycles. The Bertz CT molecular complexity index is 1550. The molecule has 0 spiro atoms. The second kappa shape index (κ2) is 11.8. The lowest BCUT2D eigenvalue weighted by Crippen LogP contribution is -2.60. The standard InChI is InChI=1S/C31H36N4O5S2/c1-21-14-15-33(18-21)28-13-12-24(17-32-28)42(39,40)34-19-26(22-8-4-2-5-9-22)35(29(36)20-34)25-16-27(41-30(25)31(37)38)23-10-6-3-7-11-23/h3,6-7,10-13,16-17,21-22,26H,2,4-5,8-9,14-15,18-20H2,1H3,(H,37,38)/t21-,26+/m1/s1. The number of carbonyl (C=O) groups is 2. The smallest absolute Gasteiger partial charge is 0.348 e. The highest BCUT2D eigenvalue weighted by molar-refractivity contribution is 7.89. The molecule has 9 nitrogen and oxygen atoms in total. The van der Waals surface area contributed by atoms with E-state index in [1.54, 1.807) is 23.1 Å². The van der Waals surface area contributed by atoms with Gasteiger partial charge in [0.05, 0.1) is 18.3 Å². The van der Waals surface area contributed by atoms with Crippen LogP contribution >= 0.6 is 11.3 Å². The van der Waals surface area contributed by atoms with Crippen molar-refractivity contribution in [1.82, 2.24) is 9.29 Å². The average molecular weight is 609 g/mol. The van der Waals surface area contributed by atoms with E-state index in [0.717, 1.165) is 79.2 Å². The summed E-state index contributed by atoms with van der Waals surface area (Å²) < 4.78 is 29.0. The number of pyridine rings is 1. The lowest BCUT2D eigenvalue weighted by atomic mass is 9.82. The third-order valence-electron chi connectivity index (χ3n) is 8.83. The van der Waals surface area contributed by atoms with E-state index in [0.29, 0.717) is 11.6 Å². The number of nitrogens with zero attached hydrogens (tertiary/aromatic N) is 4. The molecule has 3 aromatic rings. The van der Waals surface area contributed by atoms with E-state index < -0.39 is 27.9 Å². The van der Waals surface area contributed by atoms with Gasteiger partial charge >= 0.3 is 5.97 Å². The van der Waals surface area contributed by atoms with Gasteiger partial charge in [-0.1, -0.05) is 56.5 Å². The Balaban J connectivity index is 1.33. The normalized spacial score (nSPS) is 22.5. The Labute approximate surface area is 250 Å². The minimum atomic E-state index is -4.00. The third kappa shape index (κ3) is 5.57. The largest absolute Gasteiger partial charge is 0.477 e. The van der Waals surface area contributed by atoms with E-state index in [9.17, 15) is 23.1 Å². The lowest BCUT2D eigenvalue weighted by molar-refractivity contribution is -0.121. The van der Waals surface area contributed by atoms with Gasteiger partial charge in [0.2, 0.25) is 15.9 Å². The first-order chi connectivity index (χ1) is 20.2. The van der Waals surface area contributed by atoms with E-state index in [1.165, 1.54) is 10.5 Å². The fourth-order valence-corrected chi connectivity index (χ4v) is 8.95. The van der Waals surface area contributed by atoms with Gasteiger partial charge in [0, 0.05) is 30.7 Å². The number of hydrogen-bond donors (Lipinski definition) is 1. The summed E-state index contributed by atoms with van der Waals surface area (Å²) in [4.78, 5) is 35.5. The van der Waals surface area contributed by atoms with Crippen LogP contribution in [0.3, 0.4) is 0 Å². The van der Waals surface area contributed by atoms with Crippen molar-refractivity contribution in [3.63, 3.8) is 0 Å². The number of amides is 1. The molecule has 0 radical (unpaired) electrons. The van der Waals surface area contributed by atoms with E-state index in [1.807, 2.05) is 30.3 Å². The van der Waals surface area contributed by atoms with Gasteiger partial charge < -0.3 is 14.9 Å². The van der Waals surface area contributed by atoms with Crippen molar-refractivity contribution in [1.29, 1.82) is 0 Å². The van der Waals surface area contributed by atoms with E-state index in [2.05, 4.69) is 16.8 Å². The topological polar surface area (TPSA) is 111 Å². The Morgan fingerprint density at radius 2 is 1.79 bits per heavy atom. The maximum absolute atomic E-state index is 13.9. The highest BCUT2D eigenvalue weighted by atomic mass is 32.2. The van der Waals surface area contributed by atoms with Gasteiger partial charge in [-0.05, 0) is 54.9 Å². The van der Waals surface area contributed by atoms with Crippen molar-refractivity contribution in [3.05, 3.63) is 59.6 Å². The quantitative estimate of drug-likeness (QED) is 0.385. The van der Waals surface area contributed by atoms with Crippen LogP contribution in [0.5, 0.6) is 0 Å². The number of anilines is 2. The summed E-state index contributed by atoms with van der Waals surface area (Å²) in [6.45, 7) is 3.74. The van der Waals surface area contributed by atoms with Crippen LogP contribution in [0.4, 0.5) is 11.5 Å². The number of thiophene rings is 1. The van der Waals surface area contributed by atoms with Gasteiger partial charge in [0.25, 0.3) is 0 Å². The van der Waals surface area contributed by atoms with Crippen LogP contribution in [0.25, 0.3) is 10.4 Å². The number of rotatable bonds is 7. The molecular formula is C31H36N4O5S2. The van der Waals surface area contributed by atoms with Crippen LogP contribution < -0.4 is 9.80 Å². The molecule has 0 bridgehead atoms. The minimum Gasteiger partial charge on any atom is -0.477 e. The fraction of sp³-hybridized carbons (Fsp3) is 0.452. The molecule has 1 amide bonds. The molecule has 2 aromatic heterocycles. The second-order valence-electron chi connectivity index (χ2n) is 11.7. The van der Waals surface area contributed by atoms with Crippen molar-refractivity contribution in [2.75, 3.05) is 36.0 Å². The molecule has 4 heterocycles. The van der Waals surface area contributed by atoms with Crippen molar-refractivity contribution in [3.8, 4) is 10.4 Å². The Morgan fingerprint density at radius 3 is 2.43 bits per heavy atom. The van der Waals surface area contributed by atoms with Crippen LogP contribution in [0.1, 0.15) is 55.1 Å². The molecule has 3 fully saturated rings. The fourth-order valence-electron chi connectivity index (χ4n) is 6.60. The Kier molecular flexibility index (Phi) is 8.08. The molecule has 1 aromatic carbocycles. The first-order valence-electron chi connectivity index (χ1n) is 14.7. The monoisotopic (exact) mass is 608 g/mol. The predicted molar refractivity (Wildman–Crippen MR) is 164 cm³/mol. The number of aromatic nitrogens is 1. The third-order valence-corrected chi connectivity index (χ3v) is 11.8. The van der Waals surface area contributed by atoms with Gasteiger partial charge in [-0.15, -0.1) is 11.3 Å². The van der Waals surface area contributed by atoms with E-state index in [-0.39, 0.29) is 28.8 Å². The van der Waals surface area contributed by atoms with Crippen molar-refractivity contribution < 1.29 is 23.1 Å². The van der Waals surface area contributed by atoms with Crippen LogP contribution in [-0.4, -0.2) is 66.9 Å². The number of hydrogen-bond acceptors (Lipinski definition) is 7. The van der Waals surface area contributed by atoms with Crippen LogP contribution in [0.15, 0.2) is 59.6 Å². The zero-order valence-electron chi connectivity index (χ0n) is 23.7. The molecule has 2 saturated heterocycles. The van der Waals surface area contributed by atoms with E-state index in [4.69, 9.17) is 0 Å². The van der Waals surface area contributed by atoms with Crippen molar-refractivity contribution in [2.24, 2.45) is 11.8 Å². The number of aromatic carboxylic acids is 1. The maximum Gasteiger partial charge on any atom is 0.348 e. The summed E-state index contributed by atoms with van der Waals surface area (Å²) in [7, 11) is -4.00. The maximum atomic E-state index is 13.9. The molecule has 3 aliphatic rings. The van der Waals surface area contributed by atoms with Crippen LogP contribution in [0.2, 0.25) is 0 Å². The molecule has 6 rings (SSSR count). The zero-order chi connectivity index (χ0) is 29.4. The van der Waals surface area contributed by atoms with E-state index >= 15 is 0 Å². The summed E-state index contributed by atoms with van der Waals surface area (Å²) in [6, 6.07) is 14.2.